The van der Waals surface area contributed by atoms with Gasteiger partial charge in [0.05, 0.1) is 23.4 Å². The van der Waals surface area contributed by atoms with E-state index in [0.717, 1.165) is 5.57 Å². The number of rotatable bonds is 7. The Kier molecular flexibility index (Phi) is 6.94. The quantitative estimate of drug-likeness (QED) is 0.372. The van der Waals surface area contributed by atoms with Gasteiger partial charge in [-0.2, -0.15) is 0 Å². The van der Waals surface area contributed by atoms with E-state index in [0.29, 0.717) is 49.7 Å². The summed E-state index contributed by atoms with van der Waals surface area (Å²) in [4.78, 5) is 12.2. The van der Waals surface area contributed by atoms with Crippen molar-refractivity contribution in [1.29, 1.82) is 0 Å². The molecular formula is C25H36O7. The lowest BCUT2D eigenvalue weighted by molar-refractivity contribution is -0.153. The lowest BCUT2D eigenvalue weighted by Crippen LogP contribution is -2.43. The molecule has 3 rings (SSSR count). The van der Waals surface area contributed by atoms with Gasteiger partial charge >= 0.3 is 5.97 Å². The topological polar surface area (TPSA) is 116 Å². The Morgan fingerprint density at radius 1 is 1.34 bits per heavy atom. The number of aliphatic hydroxyl groups excluding tert-OH is 1. The first-order valence-electron chi connectivity index (χ1n) is 11.3. The number of cyclic esters (lactones) is 1. The van der Waals surface area contributed by atoms with Crippen LogP contribution in [-0.2, 0) is 22.3 Å². The summed E-state index contributed by atoms with van der Waals surface area (Å²) in [7, 11) is 0. The maximum atomic E-state index is 12.2. The minimum Gasteiger partial charge on any atom is -0.508 e. The standard InChI is InChI=1S/C25H36O7/c1-14(7-9-20(28)25(5)11-10-21(32-25)24(3,4)30)6-8-16-17-12-15(2)31-23(29)22(17)19(27)13-18(16)26/h6,13,15,20-21,26-28,30H,7-12H2,1-5H3/b14-6+/t15-,20?,21+,25-/m1/s1. The molecule has 178 valence electrons. The molecule has 4 atom stereocenters. The molecule has 1 aromatic rings. The summed E-state index contributed by atoms with van der Waals surface area (Å²) in [6, 6.07) is 1.19. The number of fused-ring (bicyclic) bond motifs is 1. The van der Waals surface area contributed by atoms with Gasteiger partial charge in [-0.05, 0) is 72.3 Å². The molecule has 2 aliphatic rings. The molecule has 0 aromatic heterocycles. The predicted molar refractivity (Wildman–Crippen MR) is 120 cm³/mol. The van der Waals surface area contributed by atoms with Gasteiger partial charge in [0.1, 0.15) is 23.2 Å². The van der Waals surface area contributed by atoms with Gasteiger partial charge in [0.15, 0.2) is 0 Å². The first-order chi connectivity index (χ1) is 14.8. The number of carbonyl (C=O) groups excluding carboxylic acids is 1. The van der Waals surface area contributed by atoms with Gasteiger partial charge in [-0.3, -0.25) is 0 Å². The number of hydrogen-bond donors (Lipinski definition) is 4. The molecule has 1 unspecified atom stereocenters. The highest BCUT2D eigenvalue weighted by molar-refractivity contribution is 5.96. The summed E-state index contributed by atoms with van der Waals surface area (Å²) in [6.07, 6.45) is 4.09. The molecule has 0 radical (unpaired) electrons. The van der Waals surface area contributed by atoms with Gasteiger partial charge in [0, 0.05) is 18.1 Å². The van der Waals surface area contributed by atoms with E-state index in [1.807, 2.05) is 19.9 Å². The van der Waals surface area contributed by atoms with Crippen LogP contribution in [0.3, 0.4) is 0 Å². The van der Waals surface area contributed by atoms with Crippen molar-refractivity contribution in [2.45, 2.75) is 103 Å². The summed E-state index contributed by atoms with van der Waals surface area (Å²) in [6.45, 7) is 9.08. The fraction of sp³-hybridized carbons (Fsp3) is 0.640. The highest BCUT2D eigenvalue weighted by atomic mass is 16.5. The number of aliphatic hydroxyl groups is 2. The number of hydrogen-bond acceptors (Lipinski definition) is 7. The van der Waals surface area contributed by atoms with Gasteiger partial charge in [0.2, 0.25) is 0 Å². The SMILES string of the molecule is C/C(=C\Cc1c(O)cc(O)c2c1C[C@@H](C)OC2=O)CCC(O)[C@@]1(C)CC[C@@H](C(C)(C)O)O1. The second-order valence-corrected chi connectivity index (χ2v) is 10.1. The second-order valence-electron chi connectivity index (χ2n) is 10.1. The minimum absolute atomic E-state index is 0.0447. The Morgan fingerprint density at radius 3 is 2.66 bits per heavy atom. The van der Waals surface area contributed by atoms with Crippen molar-refractivity contribution in [3.63, 3.8) is 0 Å². The van der Waals surface area contributed by atoms with E-state index in [4.69, 9.17) is 9.47 Å². The smallest absolute Gasteiger partial charge is 0.342 e. The molecule has 0 aliphatic carbocycles. The number of aromatic hydroxyl groups is 2. The molecule has 1 fully saturated rings. The molecule has 1 saturated heterocycles. The zero-order chi connectivity index (χ0) is 23.8. The Balaban J connectivity index is 1.66. The molecule has 0 spiro atoms. The van der Waals surface area contributed by atoms with Crippen molar-refractivity contribution in [3.8, 4) is 11.5 Å². The predicted octanol–water partition coefficient (Wildman–Crippen LogP) is 3.54. The zero-order valence-corrected chi connectivity index (χ0v) is 19.6. The van der Waals surface area contributed by atoms with Crippen LogP contribution >= 0.6 is 0 Å². The van der Waals surface area contributed by atoms with Gasteiger partial charge in [0.25, 0.3) is 0 Å². The van der Waals surface area contributed by atoms with Crippen molar-refractivity contribution >= 4 is 5.97 Å². The number of ether oxygens (including phenoxy) is 2. The average molecular weight is 449 g/mol. The van der Waals surface area contributed by atoms with Crippen LogP contribution in [0.4, 0.5) is 0 Å². The van der Waals surface area contributed by atoms with Crippen molar-refractivity contribution in [2.24, 2.45) is 0 Å². The molecule has 7 nitrogen and oxygen atoms in total. The van der Waals surface area contributed by atoms with Crippen LogP contribution in [0, 0.1) is 0 Å². The average Bonchev–Trinajstić information content (AvgIpc) is 3.09. The summed E-state index contributed by atoms with van der Waals surface area (Å²) in [5, 5.41) is 41.5. The molecule has 0 amide bonds. The van der Waals surface area contributed by atoms with E-state index in [-0.39, 0.29) is 29.3 Å². The lowest BCUT2D eigenvalue weighted by atomic mass is 9.89. The van der Waals surface area contributed by atoms with Gasteiger partial charge in [-0.1, -0.05) is 11.6 Å². The highest BCUT2D eigenvalue weighted by Gasteiger charge is 2.46. The second kappa shape index (κ2) is 9.04. The Hall–Kier alpha value is -2.09. The molecule has 32 heavy (non-hydrogen) atoms. The van der Waals surface area contributed by atoms with Crippen LogP contribution in [0.25, 0.3) is 0 Å². The van der Waals surface area contributed by atoms with Crippen LogP contribution in [0.15, 0.2) is 17.7 Å². The summed E-state index contributed by atoms with van der Waals surface area (Å²) < 4.78 is 11.2. The fourth-order valence-corrected chi connectivity index (χ4v) is 4.65. The van der Waals surface area contributed by atoms with Crippen LogP contribution in [0.5, 0.6) is 11.5 Å². The number of esters is 1. The van der Waals surface area contributed by atoms with E-state index in [9.17, 15) is 25.2 Å². The summed E-state index contributed by atoms with van der Waals surface area (Å²) >= 11 is 0. The zero-order valence-electron chi connectivity index (χ0n) is 19.6. The third kappa shape index (κ3) is 5.11. The number of allylic oxidation sites excluding steroid dienone is 2. The summed E-state index contributed by atoms with van der Waals surface area (Å²) in [5.41, 5.74) is 0.778. The maximum Gasteiger partial charge on any atom is 0.342 e. The Bertz CT molecular complexity index is 899. The largest absolute Gasteiger partial charge is 0.508 e. The highest BCUT2D eigenvalue weighted by Crippen LogP contribution is 2.39. The first kappa shape index (κ1) is 24.6. The van der Waals surface area contributed by atoms with Crippen LogP contribution < -0.4 is 0 Å². The summed E-state index contributed by atoms with van der Waals surface area (Å²) in [5.74, 6) is -0.886. The molecule has 2 aliphatic heterocycles. The fourth-order valence-electron chi connectivity index (χ4n) is 4.65. The number of phenolic OH excluding ortho intramolecular Hbond substituents is 2. The van der Waals surface area contributed by atoms with Crippen molar-refractivity contribution in [2.75, 3.05) is 0 Å². The van der Waals surface area contributed by atoms with Crippen molar-refractivity contribution < 1.29 is 34.7 Å². The third-order valence-electron chi connectivity index (χ3n) is 6.78. The van der Waals surface area contributed by atoms with Gasteiger partial charge < -0.3 is 29.9 Å². The lowest BCUT2D eigenvalue weighted by Gasteiger charge is -2.33. The van der Waals surface area contributed by atoms with Crippen LogP contribution in [0.2, 0.25) is 0 Å². The number of benzene rings is 1. The van der Waals surface area contributed by atoms with Crippen molar-refractivity contribution in [3.05, 3.63) is 34.4 Å². The molecular weight excluding hydrogens is 412 g/mol. The third-order valence-corrected chi connectivity index (χ3v) is 6.78. The Labute approximate surface area is 189 Å². The van der Waals surface area contributed by atoms with Crippen LogP contribution in [-0.4, -0.2) is 55.9 Å². The number of phenols is 2. The Morgan fingerprint density at radius 2 is 2.03 bits per heavy atom. The number of carbonyl (C=O) groups is 1. The monoisotopic (exact) mass is 448 g/mol. The minimum atomic E-state index is -0.942. The van der Waals surface area contributed by atoms with Gasteiger partial charge in [-0.25, -0.2) is 4.79 Å². The molecule has 4 N–H and O–H groups in total. The van der Waals surface area contributed by atoms with E-state index in [1.54, 1.807) is 20.8 Å². The van der Waals surface area contributed by atoms with E-state index >= 15 is 0 Å². The first-order valence-corrected chi connectivity index (χ1v) is 11.3. The molecule has 0 bridgehead atoms. The molecule has 0 saturated carbocycles. The van der Waals surface area contributed by atoms with E-state index in [1.165, 1.54) is 6.07 Å². The van der Waals surface area contributed by atoms with Gasteiger partial charge in [-0.15, -0.1) is 0 Å². The molecule has 1 aromatic carbocycles. The van der Waals surface area contributed by atoms with Crippen LogP contribution in [0.1, 0.15) is 81.8 Å². The van der Waals surface area contributed by atoms with E-state index < -0.39 is 23.3 Å². The normalized spacial score (nSPS) is 27.2. The van der Waals surface area contributed by atoms with Crippen molar-refractivity contribution in [1.82, 2.24) is 0 Å². The maximum absolute atomic E-state index is 12.2. The van der Waals surface area contributed by atoms with E-state index in [2.05, 4.69) is 0 Å². The molecule has 2 heterocycles. The molecule has 7 heteroatoms.